The Morgan fingerprint density at radius 1 is 0.838 bits per heavy atom. The van der Waals surface area contributed by atoms with Gasteiger partial charge in [-0.2, -0.15) is 0 Å². The van der Waals surface area contributed by atoms with E-state index in [1.165, 1.54) is 19.3 Å². The Bertz CT molecular complexity index is 942. The molecular formula is C32H54O5. The summed E-state index contributed by atoms with van der Waals surface area (Å²) in [6, 6.07) is 0. The van der Waals surface area contributed by atoms with Crippen molar-refractivity contribution in [3.63, 3.8) is 0 Å². The first-order valence-electron chi connectivity index (χ1n) is 15.2. The molecule has 0 aromatic carbocycles. The summed E-state index contributed by atoms with van der Waals surface area (Å²) in [4.78, 5) is 0. The highest BCUT2D eigenvalue weighted by Gasteiger charge is 2.85. The summed E-state index contributed by atoms with van der Waals surface area (Å²) in [6.45, 7) is 15.8. The number of hydrogen-bond donors (Lipinski definition) is 2. The van der Waals surface area contributed by atoms with E-state index in [0.29, 0.717) is 28.8 Å². The van der Waals surface area contributed by atoms with Gasteiger partial charge in [-0.05, 0) is 117 Å². The molecule has 0 unspecified atom stereocenters. The van der Waals surface area contributed by atoms with E-state index < -0.39 is 11.2 Å². The average Bonchev–Trinajstić information content (AvgIpc) is 3.16. The smallest absolute Gasteiger partial charge is 0.0865 e. The lowest BCUT2D eigenvalue weighted by Crippen LogP contribution is -2.62. The van der Waals surface area contributed by atoms with Crippen molar-refractivity contribution in [3.8, 4) is 0 Å². The number of methoxy groups -OCH3 is 2. The maximum Gasteiger partial charge on any atom is 0.0865 e. The molecule has 5 saturated carbocycles. The van der Waals surface area contributed by atoms with Crippen LogP contribution < -0.4 is 0 Å². The Morgan fingerprint density at radius 3 is 2.14 bits per heavy atom. The van der Waals surface area contributed by atoms with E-state index in [1.54, 1.807) is 0 Å². The molecular weight excluding hydrogens is 464 g/mol. The Kier molecular flexibility index (Phi) is 5.65. The fourth-order valence-electron chi connectivity index (χ4n) is 12.7. The first kappa shape index (κ1) is 27.0. The highest BCUT2D eigenvalue weighted by molar-refractivity contribution is 5.33. The zero-order valence-electron chi connectivity index (χ0n) is 25.0. The summed E-state index contributed by atoms with van der Waals surface area (Å²) in [5.41, 5.74) is -0.402. The minimum Gasteiger partial charge on any atom is -0.393 e. The number of hydrogen-bond acceptors (Lipinski definition) is 5. The van der Waals surface area contributed by atoms with Crippen molar-refractivity contribution in [2.24, 2.45) is 44.8 Å². The van der Waals surface area contributed by atoms with Gasteiger partial charge in [0.15, 0.2) is 0 Å². The van der Waals surface area contributed by atoms with E-state index in [-0.39, 0.29) is 40.5 Å². The van der Waals surface area contributed by atoms with Gasteiger partial charge >= 0.3 is 0 Å². The Hall–Kier alpha value is -0.200. The topological polar surface area (TPSA) is 68.2 Å². The van der Waals surface area contributed by atoms with Crippen molar-refractivity contribution in [2.45, 2.75) is 142 Å². The van der Waals surface area contributed by atoms with Gasteiger partial charge in [-0.15, -0.1) is 0 Å². The number of aliphatic hydroxyl groups excluding tert-OH is 1. The van der Waals surface area contributed by atoms with Crippen molar-refractivity contribution in [1.29, 1.82) is 0 Å². The molecule has 12 atom stereocenters. The summed E-state index contributed by atoms with van der Waals surface area (Å²) in [7, 11) is 3.82. The molecule has 2 spiro atoms. The van der Waals surface area contributed by atoms with E-state index in [1.807, 2.05) is 28.1 Å². The van der Waals surface area contributed by atoms with E-state index in [4.69, 9.17) is 14.2 Å². The minimum atomic E-state index is -0.861. The molecule has 0 aromatic heterocycles. The molecule has 1 heterocycles. The van der Waals surface area contributed by atoms with Gasteiger partial charge in [0.1, 0.15) is 0 Å². The second kappa shape index (κ2) is 7.75. The molecule has 5 heteroatoms. The number of fused-ring (bicyclic) bond motifs is 2. The van der Waals surface area contributed by atoms with Crippen LogP contribution in [0.15, 0.2) is 0 Å². The fourth-order valence-corrected chi connectivity index (χ4v) is 12.7. The first-order chi connectivity index (χ1) is 17.1. The Balaban J connectivity index is 1.37. The number of ether oxygens (including phenoxy) is 3. The van der Waals surface area contributed by atoms with Crippen LogP contribution >= 0.6 is 0 Å². The third-order valence-electron chi connectivity index (χ3n) is 14.3. The summed E-state index contributed by atoms with van der Waals surface area (Å²) < 4.78 is 19.2. The fraction of sp³-hybridized carbons (Fsp3) is 1.00. The summed E-state index contributed by atoms with van der Waals surface area (Å²) in [5, 5.41) is 22.6. The molecule has 6 rings (SSSR count). The van der Waals surface area contributed by atoms with E-state index in [2.05, 4.69) is 34.6 Å². The monoisotopic (exact) mass is 518 g/mol. The van der Waals surface area contributed by atoms with Crippen molar-refractivity contribution in [3.05, 3.63) is 0 Å². The molecule has 1 saturated heterocycles. The van der Waals surface area contributed by atoms with Gasteiger partial charge < -0.3 is 24.4 Å². The van der Waals surface area contributed by atoms with Gasteiger partial charge in [-0.3, -0.25) is 0 Å². The van der Waals surface area contributed by atoms with Crippen LogP contribution in [0.4, 0.5) is 0 Å². The normalized spacial score (nSPS) is 58.3. The maximum atomic E-state index is 11.9. The van der Waals surface area contributed by atoms with Gasteiger partial charge in [-0.1, -0.05) is 27.7 Å². The summed E-state index contributed by atoms with van der Waals surface area (Å²) in [6.07, 6.45) is 9.85. The van der Waals surface area contributed by atoms with Crippen molar-refractivity contribution in [1.82, 2.24) is 0 Å². The van der Waals surface area contributed by atoms with Crippen molar-refractivity contribution < 1.29 is 24.4 Å². The summed E-state index contributed by atoms with van der Waals surface area (Å²) in [5.74, 6) is 1.17. The molecule has 5 nitrogen and oxygen atoms in total. The lowest BCUT2D eigenvalue weighted by Gasteiger charge is -2.65. The average molecular weight is 519 g/mol. The predicted octanol–water partition coefficient (Wildman–Crippen LogP) is 5.74. The molecule has 6 aliphatic rings. The van der Waals surface area contributed by atoms with Gasteiger partial charge in [0.25, 0.3) is 0 Å². The quantitative estimate of drug-likeness (QED) is 0.496. The highest BCUT2D eigenvalue weighted by atomic mass is 16.5. The van der Waals surface area contributed by atoms with E-state index in [0.717, 1.165) is 38.5 Å². The predicted molar refractivity (Wildman–Crippen MR) is 144 cm³/mol. The maximum absolute atomic E-state index is 11.9. The van der Waals surface area contributed by atoms with Gasteiger partial charge in [0.05, 0.1) is 35.6 Å². The van der Waals surface area contributed by atoms with E-state index in [9.17, 15) is 10.2 Å². The second-order valence-corrected chi connectivity index (χ2v) is 16.3. The molecule has 0 bridgehead atoms. The molecule has 0 radical (unpaired) electrons. The lowest BCUT2D eigenvalue weighted by atomic mass is 9.41. The zero-order chi connectivity index (χ0) is 27.0. The van der Waals surface area contributed by atoms with Crippen LogP contribution in [0.5, 0.6) is 0 Å². The highest BCUT2D eigenvalue weighted by Crippen LogP contribution is 2.89. The van der Waals surface area contributed by atoms with Gasteiger partial charge in [0.2, 0.25) is 0 Å². The largest absolute Gasteiger partial charge is 0.393 e. The number of rotatable bonds is 4. The van der Waals surface area contributed by atoms with Crippen molar-refractivity contribution in [2.75, 3.05) is 14.2 Å². The van der Waals surface area contributed by atoms with Crippen LogP contribution in [0.3, 0.4) is 0 Å². The van der Waals surface area contributed by atoms with Gasteiger partial charge in [0, 0.05) is 20.1 Å². The molecule has 6 fully saturated rings. The molecule has 0 amide bonds. The lowest BCUT2D eigenvalue weighted by molar-refractivity contribution is -0.219. The van der Waals surface area contributed by atoms with Gasteiger partial charge in [-0.25, -0.2) is 0 Å². The van der Waals surface area contributed by atoms with E-state index >= 15 is 0 Å². The second-order valence-electron chi connectivity index (χ2n) is 16.3. The SMILES string of the molecule is CO[C@H]1C[C@@H]2[C@]3(CC[C@]4(C)[C@@H]([C@@]5(C)CC[C@@H](C(C)(C)O)O5)[C@@H](O)C[C@@]24C)C[C@@]32CC[C@H](OC)C(C)(C)[C@H]12. The molecule has 2 N–H and O–H groups in total. The minimum absolute atomic E-state index is 0.000268. The molecule has 5 aliphatic carbocycles. The Morgan fingerprint density at radius 2 is 1.54 bits per heavy atom. The van der Waals surface area contributed by atoms with Crippen LogP contribution in [0.25, 0.3) is 0 Å². The van der Waals surface area contributed by atoms with Crippen LogP contribution in [0, 0.1) is 44.8 Å². The van der Waals surface area contributed by atoms with Crippen LogP contribution in [-0.4, -0.2) is 60.1 Å². The van der Waals surface area contributed by atoms with Crippen LogP contribution in [0.2, 0.25) is 0 Å². The standard InChI is InChI=1S/C32H54O5/c1-26(2)22(36-9)11-13-32-18-31(32)15-14-28(5)24(30(7)12-10-23(37-30)27(3,4)34)19(33)17-29(28,6)21(31)16-20(35-8)25(26)32/h19-25,33-34H,10-18H2,1-9H3/t19-,20-,21-,22-,23-,24-,25-,28+,29-,30+,31-,32+/m0/s1. The summed E-state index contributed by atoms with van der Waals surface area (Å²) >= 11 is 0. The number of aliphatic hydroxyl groups is 2. The molecule has 0 aromatic rings. The molecule has 212 valence electrons. The van der Waals surface area contributed by atoms with Crippen molar-refractivity contribution >= 4 is 0 Å². The Labute approximate surface area is 225 Å². The third-order valence-corrected chi connectivity index (χ3v) is 14.3. The first-order valence-corrected chi connectivity index (χ1v) is 15.2. The third kappa shape index (κ3) is 3.10. The zero-order valence-corrected chi connectivity index (χ0v) is 25.0. The molecule has 37 heavy (non-hydrogen) atoms. The van der Waals surface area contributed by atoms with Crippen LogP contribution in [-0.2, 0) is 14.2 Å². The van der Waals surface area contributed by atoms with Crippen LogP contribution in [0.1, 0.15) is 106 Å². The molecule has 1 aliphatic heterocycles.